The molecule has 0 radical (unpaired) electrons. The molecule has 0 saturated heterocycles. The van der Waals surface area contributed by atoms with E-state index in [1.54, 1.807) is 0 Å². The Morgan fingerprint density at radius 1 is 1.00 bits per heavy atom. The number of rotatable bonds is 6. The van der Waals surface area contributed by atoms with Gasteiger partial charge in [-0.2, -0.15) is 0 Å². The van der Waals surface area contributed by atoms with Gasteiger partial charge < -0.3 is 10.4 Å². The van der Waals surface area contributed by atoms with Crippen LogP contribution in [0.5, 0.6) is 0 Å². The Hall–Kier alpha value is -2.39. The minimum Gasteiger partial charge on any atom is -0.396 e. The van der Waals surface area contributed by atoms with Crippen molar-refractivity contribution in [3.8, 4) is 0 Å². The highest BCUT2D eigenvalue weighted by Crippen LogP contribution is 2.18. The number of aliphatic hydroxyl groups excluding tert-OH is 1. The molecule has 0 aromatic heterocycles. The van der Waals surface area contributed by atoms with Crippen LogP contribution in [0.3, 0.4) is 0 Å². The number of benzene rings is 2. The fraction of sp³-hybridized carbons (Fsp3) is 0.286. The normalized spacial score (nSPS) is 19.4. The summed E-state index contributed by atoms with van der Waals surface area (Å²) in [6, 6.07) is 18.1. The van der Waals surface area contributed by atoms with Crippen molar-refractivity contribution in [3.63, 3.8) is 0 Å². The molecule has 3 nitrogen and oxygen atoms in total. The highest BCUT2D eigenvalue weighted by molar-refractivity contribution is 5.96. The van der Waals surface area contributed by atoms with Gasteiger partial charge in [0.2, 0.25) is 0 Å². The summed E-state index contributed by atoms with van der Waals surface area (Å²) in [4.78, 5) is 12.6. The van der Waals surface area contributed by atoms with Crippen molar-refractivity contribution < 1.29 is 9.90 Å². The van der Waals surface area contributed by atoms with Gasteiger partial charge >= 0.3 is 0 Å². The first kappa shape index (κ1) is 16.5. The summed E-state index contributed by atoms with van der Waals surface area (Å²) in [5.74, 6) is 0.121. The maximum absolute atomic E-state index is 12.6. The van der Waals surface area contributed by atoms with Gasteiger partial charge in [0.05, 0.1) is 0 Å². The van der Waals surface area contributed by atoms with E-state index in [1.165, 1.54) is 5.56 Å². The molecule has 124 valence electrons. The average Bonchev–Trinajstić information content (AvgIpc) is 3.08. The lowest BCUT2D eigenvalue weighted by Gasteiger charge is -2.15. The predicted molar refractivity (Wildman–Crippen MR) is 95.9 cm³/mol. The first-order valence-corrected chi connectivity index (χ1v) is 8.48. The minimum atomic E-state index is -0.0353. The summed E-state index contributed by atoms with van der Waals surface area (Å²) < 4.78 is 0. The number of aliphatic hydroxyl groups is 1. The Balaban J connectivity index is 1.65. The smallest absolute Gasteiger partial charge is 0.252 e. The van der Waals surface area contributed by atoms with Gasteiger partial charge in [0.1, 0.15) is 0 Å². The molecule has 24 heavy (non-hydrogen) atoms. The quantitative estimate of drug-likeness (QED) is 0.803. The molecule has 1 aliphatic carbocycles. The molecule has 1 aliphatic rings. The van der Waals surface area contributed by atoms with Crippen LogP contribution in [0.4, 0.5) is 0 Å². The maximum atomic E-state index is 12.6. The third-order valence-corrected chi connectivity index (χ3v) is 4.51. The lowest BCUT2D eigenvalue weighted by molar-refractivity contribution is 0.0940. The van der Waals surface area contributed by atoms with E-state index in [0.717, 1.165) is 30.4 Å². The Morgan fingerprint density at radius 3 is 2.50 bits per heavy atom. The maximum Gasteiger partial charge on any atom is 0.252 e. The third-order valence-electron chi connectivity index (χ3n) is 4.51. The largest absolute Gasteiger partial charge is 0.396 e. The van der Waals surface area contributed by atoms with Crippen molar-refractivity contribution in [1.82, 2.24) is 5.32 Å². The minimum absolute atomic E-state index is 0.0110. The van der Waals surface area contributed by atoms with Gasteiger partial charge in [-0.05, 0) is 36.5 Å². The number of carbonyl (C=O) groups excluding carboxylic acids is 1. The summed E-state index contributed by atoms with van der Waals surface area (Å²) in [5.41, 5.74) is 3.09. The van der Waals surface area contributed by atoms with E-state index in [0.29, 0.717) is 0 Å². The lowest BCUT2D eigenvalue weighted by atomic mass is 9.99. The van der Waals surface area contributed by atoms with E-state index in [-0.39, 0.29) is 24.5 Å². The second-order valence-corrected chi connectivity index (χ2v) is 6.29. The van der Waals surface area contributed by atoms with Crippen molar-refractivity contribution in [2.24, 2.45) is 5.92 Å². The van der Waals surface area contributed by atoms with E-state index in [9.17, 15) is 9.90 Å². The summed E-state index contributed by atoms with van der Waals surface area (Å²) in [5, 5.41) is 12.3. The number of carbonyl (C=O) groups is 1. The molecule has 0 spiro atoms. The molecule has 3 rings (SSSR count). The Kier molecular flexibility index (Phi) is 5.44. The van der Waals surface area contributed by atoms with Crippen molar-refractivity contribution in [1.29, 1.82) is 0 Å². The zero-order valence-electron chi connectivity index (χ0n) is 13.7. The number of hydrogen-bond donors (Lipinski definition) is 2. The molecule has 0 bridgehead atoms. The summed E-state index contributed by atoms with van der Waals surface area (Å²) in [6.07, 6.45) is 6.49. The molecule has 2 N–H and O–H groups in total. The van der Waals surface area contributed by atoms with Crippen LogP contribution >= 0.6 is 0 Å². The van der Waals surface area contributed by atoms with E-state index >= 15 is 0 Å². The summed E-state index contributed by atoms with van der Waals surface area (Å²) >= 11 is 0. The highest BCUT2D eigenvalue weighted by atomic mass is 16.3. The monoisotopic (exact) mass is 321 g/mol. The molecule has 2 aromatic rings. The van der Waals surface area contributed by atoms with Gasteiger partial charge in [-0.1, -0.05) is 60.7 Å². The Bertz CT molecular complexity index is 709. The van der Waals surface area contributed by atoms with E-state index in [2.05, 4.69) is 17.4 Å². The van der Waals surface area contributed by atoms with Crippen LogP contribution in [-0.4, -0.2) is 23.7 Å². The Morgan fingerprint density at radius 2 is 1.75 bits per heavy atom. The zero-order valence-corrected chi connectivity index (χ0v) is 13.7. The fourth-order valence-corrected chi connectivity index (χ4v) is 3.15. The Labute approximate surface area is 143 Å². The van der Waals surface area contributed by atoms with Gasteiger partial charge in [-0.15, -0.1) is 0 Å². The number of nitrogens with one attached hydrogen (secondary N) is 1. The van der Waals surface area contributed by atoms with Crippen LogP contribution in [0.2, 0.25) is 0 Å². The standard InChI is InChI=1S/C21H23NO2/c23-15-17-11-13-19(14-17)22-21(24)20-9-5-4-8-18(20)12-10-16-6-2-1-3-7-16/h1-9,11,13,17,19,23H,10,12,14-15H2,(H,22,24)/t17-,19+/m0/s1. The molecule has 1 amide bonds. The van der Waals surface area contributed by atoms with Gasteiger partial charge in [-0.3, -0.25) is 4.79 Å². The fourth-order valence-electron chi connectivity index (χ4n) is 3.15. The molecule has 0 fully saturated rings. The zero-order chi connectivity index (χ0) is 16.8. The van der Waals surface area contributed by atoms with Crippen LogP contribution < -0.4 is 5.32 Å². The van der Waals surface area contributed by atoms with Gasteiger partial charge in [0.15, 0.2) is 0 Å². The molecule has 0 aliphatic heterocycles. The van der Waals surface area contributed by atoms with Crippen LogP contribution in [0.25, 0.3) is 0 Å². The topological polar surface area (TPSA) is 49.3 Å². The molecular weight excluding hydrogens is 298 g/mol. The van der Waals surface area contributed by atoms with Gasteiger partial charge in [0.25, 0.3) is 5.91 Å². The number of hydrogen-bond acceptors (Lipinski definition) is 2. The first-order valence-electron chi connectivity index (χ1n) is 8.48. The molecule has 0 unspecified atom stereocenters. The molecule has 3 heteroatoms. The van der Waals surface area contributed by atoms with Crippen molar-refractivity contribution >= 4 is 5.91 Å². The second-order valence-electron chi connectivity index (χ2n) is 6.29. The molecule has 0 heterocycles. The summed E-state index contributed by atoms with van der Waals surface area (Å²) in [6.45, 7) is 0.135. The predicted octanol–water partition coefficient (Wildman–Crippen LogP) is 3.14. The van der Waals surface area contributed by atoms with Crippen LogP contribution in [0, 0.1) is 5.92 Å². The first-order chi connectivity index (χ1) is 11.8. The number of amides is 1. The van der Waals surface area contributed by atoms with Crippen LogP contribution in [0.15, 0.2) is 66.7 Å². The van der Waals surface area contributed by atoms with Gasteiger partial charge in [0, 0.05) is 24.1 Å². The van der Waals surface area contributed by atoms with E-state index < -0.39 is 0 Å². The van der Waals surface area contributed by atoms with Gasteiger partial charge in [-0.25, -0.2) is 0 Å². The third kappa shape index (κ3) is 4.12. The second kappa shape index (κ2) is 7.93. The van der Waals surface area contributed by atoms with Crippen molar-refractivity contribution in [2.75, 3.05) is 6.61 Å². The van der Waals surface area contributed by atoms with E-state index in [4.69, 9.17) is 0 Å². The molecule has 0 saturated carbocycles. The highest BCUT2D eigenvalue weighted by Gasteiger charge is 2.21. The lowest BCUT2D eigenvalue weighted by Crippen LogP contribution is -2.33. The number of aryl methyl sites for hydroxylation is 2. The van der Waals surface area contributed by atoms with Crippen LogP contribution in [-0.2, 0) is 12.8 Å². The SMILES string of the molecule is O=C(N[C@@H]1C=C[C@H](CO)C1)c1ccccc1CCc1ccccc1. The van der Waals surface area contributed by atoms with Crippen molar-refractivity contribution in [3.05, 3.63) is 83.4 Å². The van der Waals surface area contributed by atoms with Crippen LogP contribution in [0.1, 0.15) is 27.9 Å². The molecular formula is C21H23NO2. The average molecular weight is 321 g/mol. The van der Waals surface area contributed by atoms with Crippen molar-refractivity contribution in [2.45, 2.75) is 25.3 Å². The van der Waals surface area contributed by atoms with E-state index in [1.807, 2.05) is 54.6 Å². The molecule has 2 aromatic carbocycles. The molecule has 2 atom stereocenters. The summed E-state index contributed by atoms with van der Waals surface area (Å²) in [7, 11) is 0.